The third kappa shape index (κ3) is 3.07. The van der Waals surface area contributed by atoms with Crippen LogP contribution in [0.25, 0.3) is 11.3 Å². The van der Waals surface area contributed by atoms with Gasteiger partial charge in [-0.3, -0.25) is 4.79 Å². The Morgan fingerprint density at radius 3 is 3.00 bits per heavy atom. The maximum absolute atomic E-state index is 13.8. The van der Waals surface area contributed by atoms with Gasteiger partial charge < -0.3 is 14.3 Å². The lowest BCUT2D eigenvalue weighted by atomic mass is 10.1. The zero-order chi connectivity index (χ0) is 17.4. The number of amides is 1. The Morgan fingerprint density at radius 2 is 2.16 bits per heavy atom. The summed E-state index contributed by atoms with van der Waals surface area (Å²) >= 11 is 0. The second-order valence-electron chi connectivity index (χ2n) is 6.30. The van der Waals surface area contributed by atoms with Crippen LogP contribution in [0.5, 0.6) is 0 Å². The van der Waals surface area contributed by atoms with E-state index in [1.807, 2.05) is 13.1 Å². The molecule has 0 bridgehead atoms. The predicted octanol–water partition coefficient (Wildman–Crippen LogP) is 3.34. The average Bonchev–Trinajstić information content (AvgIpc) is 3.20. The fourth-order valence-corrected chi connectivity index (χ4v) is 3.23. The molecule has 0 fully saturated rings. The molecule has 128 valence electrons. The number of halogens is 1. The topological polar surface area (TPSA) is 60.1 Å². The second-order valence-corrected chi connectivity index (χ2v) is 6.30. The van der Waals surface area contributed by atoms with E-state index >= 15 is 0 Å². The van der Waals surface area contributed by atoms with Crippen LogP contribution in [-0.2, 0) is 13.0 Å². The molecular formula is C19H18FN3O2. The van der Waals surface area contributed by atoms with E-state index in [2.05, 4.69) is 14.9 Å². The lowest BCUT2D eigenvalue weighted by Crippen LogP contribution is -2.40. The maximum atomic E-state index is 13.8. The molecule has 1 aliphatic heterocycles. The number of nitrogens with one attached hydrogen (secondary N) is 1. The molecule has 5 nitrogen and oxygen atoms in total. The fourth-order valence-electron chi connectivity index (χ4n) is 3.23. The van der Waals surface area contributed by atoms with Crippen molar-refractivity contribution in [3.8, 4) is 11.3 Å². The van der Waals surface area contributed by atoms with Gasteiger partial charge in [-0.15, -0.1) is 0 Å². The summed E-state index contributed by atoms with van der Waals surface area (Å²) in [5.74, 6) is 0.931. The summed E-state index contributed by atoms with van der Waals surface area (Å²) in [5.41, 5.74) is 1.33. The number of furan rings is 1. The van der Waals surface area contributed by atoms with Crippen molar-refractivity contribution in [3.05, 3.63) is 65.7 Å². The van der Waals surface area contributed by atoms with E-state index in [0.29, 0.717) is 17.9 Å². The highest BCUT2D eigenvalue weighted by molar-refractivity contribution is 5.92. The van der Waals surface area contributed by atoms with E-state index in [9.17, 15) is 9.18 Å². The number of benzene rings is 1. The van der Waals surface area contributed by atoms with Crippen molar-refractivity contribution in [2.75, 3.05) is 0 Å². The Kier molecular flexibility index (Phi) is 3.87. The fraction of sp³-hybridized carbons (Fsp3) is 0.263. The molecule has 1 aliphatic rings. The molecule has 3 aromatic rings. The van der Waals surface area contributed by atoms with E-state index < -0.39 is 0 Å². The molecule has 4 rings (SSSR count). The third-order valence-corrected chi connectivity index (χ3v) is 4.42. The van der Waals surface area contributed by atoms with E-state index in [0.717, 1.165) is 24.4 Å². The molecule has 25 heavy (non-hydrogen) atoms. The lowest BCUT2D eigenvalue weighted by Gasteiger charge is -2.24. The van der Waals surface area contributed by atoms with E-state index in [-0.39, 0.29) is 23.5 Å². The van der Waals surface area contributed by atoms with E-state index in [4.69, 9.17) is 4.42 Å². The normalized spacial score (nSPS) is 16.5. The molecule has 0 saturated heterocycles. The van der Waals surface area contributed by atoms with Crippen LogP contribution in [0.1, 0.15) is 28.5 Å². The SMILES string of the molecule is Cc1cn2c(n1)CCC(NC(=O)c1ccc(-c3ccccc3F)o1)C2. The largest absolute Gasteiger partial charge is 0.451 e. The second kappa shape index (κ2) is 6.20. The van der Waals surface area contributed by atoms with Crippen molar-refractivity contribution >= 4 is 5.91 Å². The van der Waals surface area contributed by atoms with Gasteiger partial charge in [-0.2, -0.15) is 0 Å². The number of aryl methyl sites for hydroxylation is 2. The molecule has 3 heterocycles. The predicted molar refractivity (Wildman–Crippen MR) is 90.6 cm³/mol. The van der Waals surface area contributed by atoms with Gasteiger partial charge in [-0.05, 0) is 37.6 Å². The van der Waals surface area contributed by atoms with Gasteiger partial charge in [0.1, 0.15) is 17.4 Å². The Hall–Kier alpha value is -2.89. The molecule has 0 saturated carbocycles. The van der Waals surface area contributed by atoms with Crippen LogP contribution in [0, 0.1) is 12.7 Å². The van der Waals surface area contributed by atoms with E-state index in [1.54, 1.807) is 30.3 Å². The van der Waals surface area contributed by atoms with Crippen molar-refractivity contribution < 1.29 is 13.6 Å². The molecule has 0 aliphatic carbocycles. The molecular weight excluding hydrogens is 321 g/mol. The number of nitrogens with zero attached hydrogens (tertiary/aromatic N) is 2. The summed E-state index contributed by atoms with van der Waals surface area (Å²) < 4.78 is 21.5. The van der Waals surface area contributed by atoms with Crippen LogP contribution in [0.15, 0.2) is 47.0 Å². The molecule has 1 amide bonds. The summed E-state index contributed by atoms with van der Waals surface area (Å²) in [4.78, 5) is 16.9. The first-order valence-electron chi connectivity index (χ1n) is 8.28. The monoisotopic (exact) mass is 339 g/mol. The summed E-state index contributed by atoms with van der Waals surface area (Å²) in [6.07, 6.45) is 3.66. The Balaban J connectivity index is 1.47. The Bertz CT molecular complexity index is 928. The van der Waals surface area contributed by atoms with Crippen molar-refractivity contribution in [1.82, 2.24) is 14.9 Å². The summed E-state index contributed by atoms with van der Waals surface area (Å²) in [6.45, 7) is 2.66. The minimum atomic E-state index is -0.376. The van der Waals surface area contributed by atoms with Crippen LogP contribution in [0.4, 0.5) is 4.39 Å². The zero-order valence-electron chi connectivity index (χ0n) is 13.8. The van der Waals surface area contributed by atoms with Crippen LogP contribution in [-0.4, -0.2) is 21.5 Å². The van der Waals surface area contributed by atoms with Gasteiger partial charge in [-0.25, -0.2) is 9.37 Å². The van der Waals surface area contributed by atoms with Gasteiger partial charge in [0.15, 0.2) is 5.76 Å². The van der Waals surface area contributed by atoms with E-state index in [1.165, 1.54) is 6.07 Å². The molecule has 1 atom stereocenters. The van der Waals surface area contributed by atoms with Crippen LogP contribution < -0.4 is 5.32 Å². The van der Waals surface area contributed by atoms with Crippen LogP contribution in [0.2, 0.25) is 0 Å². The highest BCUT2D eigenvalue weighted by Crippen LogP contribution is 2.25. The number of hydrogen-bond donors (Lipinski definition) is 1. The molecule has 0 spiro atoms. The summed E-state index contributed by atoms with van der Waals surface area (Å²) in [5, 5.41) is 2.99. The number of hydrogen-bond acceptors (Lipinski definition) is 3. The van der Waals surface area contributed by atoms with Gasteiger partial charge in [-0.1, -0.05) is 12.1 Å². The lowest BCUT2D eigenvalue weighted by molar-refractivity contribution is 0.0900. The molecule has 6 heteroatoms. The van der Waals surface area contributed by atoms with Gasteiger partial charge in [0.2, 0.25) is 0 Å². The number of rotatable bonds is 3. The summed E-state index contributed by atoms with van der Waals surface area (Å²) in [6, 6.07) is 9.55. The van der Waals surface area contributed by atoms with Crippen LogP contribution in [0.3, 0.4) is 0 Å². The van der Waals surface area contributed by atoms with Crippen molar-refractivity contribution in [3.63, 3.8) is 0 Å². The highest BCUT2D eigenvalue weighted by atomic mass is 19.1. The minimum absolute atomic E-state index is 0.0237. The molecule has 0 radical (unpaired) electrons. The first-order chi connectivity index (χ1) is 12.1. The number of aromatic nitrogens is 2. The van der Waals surface area contributed by atoms with Crippen molar-refractivity contribution in [2.24, 2.45) is 0 Å². The van der Waals surface area contributed by atoms with Crippen molar-refractivity contribution in [1.29, 1.82) is 0 Å². The minimum Gasteiger partial charge on any atom is -0.451 e. The number of fused-ring (bicyclic) bond motifs is 1. The zero-order valence-corrected chi connectivity index (χ0v) is 13.8. The van der Waals surface area contributed by atoms with Crippen LogP contribution >= 0.6 is 0 Å². The van der Waals surface area contributed by atoms with Gasteiger partial charge >= 0.3 is 0 Å². The first kappa shape index (κ1) is 15.6. The smallest absolute Gasteiger partial charge is 0.287 e. The van der Waals surface area contributed by atoms with Gasteiger partial charge in [0.05, 0.1) is 11.3 Å². The first-order valence-corrected chi connectivity index (χ1v) is 8.28. The molecule has 1 N–H and O–H groups in total. The molecule has 2 aromatic heterocycles. The third-order valence-electron chi connectivity index (χ3n) is 4.42. The number of carbonyl (C=O) groups excluding carboxylic acids is 1. The number of carbonyl (C=O) groups is 1. The highest BCUT2D eigenvalue weighted by Gasteiger charge is 2.23. The van der Waals surface area contributed by atoms with Crippen molar-refractivity contribution in [2.45, 2.75) is 32.4 Å². The Morgan fingerprint density at radius 1 is 1.32 bits per heavy atom. The Labute approximate surface area is 144 Å². The quantitative estimate of drug-likeness (QED) is 0.796. The van der Waals surface area contributed by atoms with Gasteiger partial charge in [0, 0.05) is 25.2 Å². The average molecular weight is 339 g/mol. The summed E-state index contributed by atoms with van der Waals surface area (Å²) in [7, 11) is 0. The maximum Gasteiger partial charge on any atom is 0.287 e. The number of imidazole rings is 1. The van der Waals surface area contributed by atoms with Gasteiger partial charge in [0.25, 0.3) is 5.91 Å². The molecule has 1 unspecified atom stereocenters. The molecule has 1 aromatic carbocycles. The standard InChI is InChI=1S/C19H18FN3O2/c1-12-10-23-11-13(6-9-18(23)21-12)22-19(24)17-8-7-16(25-17)14-4-2-3-5-15(14)20/h2-5,7-8,10,13H,6,9,11H2,1H3,(H,22,24).